The van der Waals surface area contributed by atoms with Crippen LogP contribution in [-0.4, -0.2) is 89.6 Å². The van der Waals surface area contributed by atoms with Crippen molar-refractivity contribution in [2.45, 2.75) is 218 Å². The molecule has 1 saturated heterocycles. The molecule has 9 nitrogen and oxygen atoms in total. The minimum atomic E-state index is -1.56. The van der Waals surface area contributed by atoms with Crippen LogP contribution in [-0.2, 0) is 23.7 Å². The molecular weight excluding hydrogens is 901 g/mol. The van der Waals surface area contributed by atoms with Gasteiger partial charge in [0.1, 0.15) is 30.5 Å². The maximum atomic E-state index is 12.9. The maximum absolute atomic E-state index is 12.9. The molecule has 1 fully saturated rings. The smallest absolute Gasteiger partial charge is 0.306 e. The van der Waals surface area contributed by atoms with E-state index in [1.807, 2.05) is 0 Å². The Balaban J connectivity index is 2.24. The number of hydrogen-bond donors (Lipinski definition) is 4. The van der Waals surface area contributed by atoms with Gasteiger partial charge in [0, 0.05) is 13.0 Å². The molecule has 0 radical (unpaired) electrons. The summed E-state index contributed by atoms with van der Waals surface area (Å²) in [5.74, 6) is -0.348. The highest BCUT2D eigenvalue weighted by atomic mass is 16.7. The average molecular weight is 1000 g/mol. The first-order valence-corrected chi connectivity index (χ1v) is 27.9. The fourth-order valence-corrected chi connectivity index (χ4v) is 7.50. The molecule has 1 heterocycles. The summed E-state index contributed by atoms with van der Waals surface area (Å²) in [5, 5.41) is 40.3. The van der Waals surface area contributed by atoms with Gasteiger partial charge in [-0.15, -0.1) is 0 Å². The van der Waals surface area contributed by atoms with Crippen LogP contribution >= 0.6 is 0 Å². The number of ether oxygens (including phenoxy) is 4. The lowest BCUT2D eigenvalue weighted by Crippen LogP contribution is -2.59. The number of unbranched alkanes of at least 4 members (excludes halogenated alkanes) is 11. The van der Waals surface area contributed by atoms with E-state index in [-0.39, 0.29) is 25.6 Å². The Labute approximate surface area is 438 Å². The molecule has 72 heavy (non-hydrogen) atoms. The van der Waals surface area contributed by atoms with E-state index in [4.69, 9.17) is 18.9 Å². The third-order valence-electron chi connectivity index (χ3n) is 11.8. The number of aliphatic hydroxyl groups excluding tert-OH is 4. The van der Waals surface area contributed by atoms with Gasteiger partial charge < -0.3 is 39.4 Å². The summed E-state index contributed by atoms with van der Waals surface area (Å²) < 4.78 is 22.9. The van der Waals surface area contributed by atoms with Crippen molar-refractivity contribution >= 4 is 5.97 Å². The molecule has 1 aliphatic rings. The van der Waals surface area contributed by atoms with Gasteiger partial charge in [0.15, 0.2) is 6.29 Å². The summed E-state index contributed by atoms with van der Waals surface area (Å²) in [6.45, 7) is 4.25. The van der Waals surface area contributed by atoms with E-state index in [9.17, 15) is 25.2 Å². The molecule has 4 N–H and O–H groups in total. The molecule has 0 saturated carbocycles. The zero-order valence-corrected chi connectivity index (χ0v) is 44.9. The molecule has 0 aromatic rings. The lowest BCUT2D eigenvalue weighted by Gasteiger charge is -2.39. The average Bonchev–Trinajstić information content (AvgIpc) is 3.38. The second kappa shape index (κ2) is 52.0. The van der Waals surface area contributed by atoms with E-state index in [0.717, 1.165) is 128 Å². The predicted octanol–water partition coefficient (Wildman–Crippen LogP) is 14.6. The Hall–Kier alpha value is -3.93. The van der Waals surface area contributed by atoms with Gasteiger partial charge >= 0.3 is 5.97 Å². The van der Waals surface area contributed by atoms with Gasteiger partial charge in [-0.2, -0.15) is 0 Å². The second-order valence-corrected chi connectivity index (χ2v) is 18.3. The van der Waals surface area contributed by atoms with Gasteiger partial charge in [0.25, 0.3) is 0 Å². The number of carbonyl (C=O) groups is 1. The van der Waals surface area contributed by atoms with Crippen LogP contribution in [0.4, 0.5) is 0 Å². The van der Waals surface area contributed by atoms with Gasteiger partial charge in [0.05, 0.1) is 19.8 Å². The summed E-state index contributed by atoms with van der Waals surface area (Å²) >= 11 is 0. The molecule has 1 rings (SSSR count). The maximum Gasteiger partial charge on any atom is 0.306 e. The fraction of sp³-hybridized carbons (Fsp3) is 0.603. The predicted molar refractivity (Wildman–Crippen MR) is 301 cm³/mol. The van der Waals surface area contributed by atoms with Gasteiger partial charge in [0.2, 0.25) is 0 Å². The van der Waals surface area contributed by atoms with Crippen LogP contribution in [0.25, 0.3) is 0 Å². The van der Waals surface area contributed by atoms with Crippen molar-refractivity contribution < 1.29 is 44.2 Å². The third-order valence-corrected chi connectivity index (χ3v) is 11.8. The molecular formula is C63H100O9. The third kappa shape index (κ3) is 41.5. The SMILES string of the molecule is CC/C=C\C/C=C\C/C=C\C/C=C\C/C=C\C/C=C\CCCCCCCCCOCC(COC1OC(CO)C(O)C(O)C1O)OC(=O)CCCCCC/C=C\C/C=C\C/C=C\C/C=C\C/C=C\C/C=C\CC. The van der Waals surface area contributed by atoms with E-state index in [0.29, 0.717) is 13.0 Å². The monoisotopic (exact) mass is 1000 g/mol. The lowest BCUT2D eigenvalue weighted by molar-refractivity contribution is -0.305. The lowest BCUT2D eigenvalue weighted by atomic mass is 9.99. The van der Waals surface area contributed by atoms with E-state index >= 15 is 0 Å². The van der Waals surface area contributed by atoms with E-state index in [1.54, 1.807) is 0 Å². The first-order chi connectivity index (χ1) is 35.4. The molecule has 406 valence electrons. The summed E-state index contributed by atoms with van der Waals surface area (Å²) in [6.07, 6.45) is 71.6. The van der Waals surface area contributed by atoms with Crippen LogP contribution < -0.4 is 0 Å². The van der Waals surface area contributed by atoms with Crippen LogP contribution in [0.2, 0.25) is 0 Å². The van der Waals surface area contributed by atoms with Gasteiger partial charge in [-0.05, 0) is 116 Å². The molecule has 0 bridgehead atoms. The van der Waals surface area contributed by atoms with E-state index in [2.05, 4.69) is 160 Å². The van der Waals surface area contributed by atoms with Gasteiger partial charge in [-0.1, -0.05) is 205 Å². The zero-order valence-electron chi connectivity index (χ0n) is 44.9. The highest BCUT2D eigenvalue weighted by molar-refractivity contribution is 5.69. The normalized spacial score (nSPS) is 19.9. The van der Waals surface area contributed by atoms with Crippen molar-refractivity contribution in [3.8, 4) is 0 Å². The number of esters is 1. The second-order valence-electron chi connectivity index (χ2n) is 18.3. The van der Waals surface area contributed by atoms with E-state index < -0.39 is 43.4 Å². The first kappa shape index (κ1) is 66.1. The van der Waals surface area contributed by atoms with Gasteiger partial charge in [-0.25, -0.2) is 0 Å². The number of carbonyl (C=O) groups excluding carboxylic acids is 1. The van der Waals surface area contributed by atoms with Crippen molar-refractivity contribution in [1.29, 1.82) is 0 Å². The van der Waals surface area contributed by atoms with Crippen molar-refractivity contribution in [3.05, 3.63) is 146 Å². The Bertz CT molecular complexity index is 1610. The Kier molecular flexibility index (Phi) is 47.7. The van der Waals surface area contributed by atoms with Crippen LogP contribution in [0, 0.1) is 0 Å². The van der Waals surface area contributed by atoms with Crippen molar-refractivity contribution in [3.63, 3.8) is 0 Å². The number of aliphatic hydroxyl groups is 4. The van der Waals surface area contributed by atoms with E-state index in [1.165, 1.54) is 25.7 Å². The Morgan fingerprint density at radius 3 is 1.21 bits per heavy atom. The van der Waals surface area contributed by atoms with Gasteiger partial charge in [-0.3, -0.25) is 4.79 Å². The minimum Gasteiger partial charge on any atom is -0.457 e. The Morgan fingerprint density at radius 2 is 0.806 bits per heavy atom. The molecule has 0 aromatic carbocycles. The molecule has 6 atom stereocenters. The molecule has 0 spiro atoms. The van der Waals surface area contributed by atoms with Crippen LogP contribution in [0.1, 0.15) is 181 Å². The zero-order chi connectivity index (χ0) is 52.1. The van der Waals surface area contributed by atoms with Crippen molar-refractivity contribution in [1.82, 2.24) is 0 Å². The number of rotatable bonds is 46. The van der Waals surface area contributed by atoms with Crippen molar-refractivity contribution in [2.24, 2.45) is 0 Å². The van der Waals surface area contributed by atoms with Crippen molar-refractivity contribution in [2.75, 3.05) is 26.4 Å². The molecule has 9 heteroatoms. The largest absolute Gasteiger partial charge is 0.457 e. The molecule has 1 aliphatic heterocycles. The van der Waals surface area contributed by atoms with Crippen LogP contribution in [0.3, 0.4) is 0 Å². The molecule has 0 amide bonds. The summed E-state index contributed by atoms with van der Waals surface area (Å²) in [6, 6.07) is 0. The minimum absolute atomic E-state index is 0.115. The number of allylic oxidation sites excluding steroid dienone is 24. The topological polar surface area (TPSA) is 135 Å². The standard InChI is InChI=1S/C63H100O9/c1-3-5-7-9-11-13-15-17-19-21-23-25-27-28-29-31-33-35-37-39-41-43-45-47-49-51-53-69-55-57(56-70-63-62(68)61(67)60(66)58(54-64)72-63)71-59(65)52-50-48-46-44-42-40-38-36-34-32-30-26-24-22-20-18-16-14-12-10-8-6-4-2/h5-8,11-14,17-20,23-26,28-29,32-35,38,40,57-58,60-64,66-68H,3-4,9-10,15-16,21-22,27,30-31,36-37,39,41-56H2,1-2H3/b7-5-,8-6-,13-11-,14-12-,19-17-,20-18-,25-23-,26-24-,29-28-,34-32-,35-33-,40-38-. The summed E-state index contributed by atoms with van der Waals surface area (Å²) in [4.78, 5) is 12.9. The number of hydrogen-bond acceptors (Lipinski definition) is 9. The molecule has 0 aliphatic carbocycles. The highest BCUT2D eigenvalue weighted by Crippen LogP contribution is 2.22. The van der Waals surface area contributed by atoms with Crippen LogP contribution in [0.15, 0.2) is 146 Å². The van der Waals surface area contributed by atoms with Crippen LogP contribution in [0.5, 0.6) is 0 Å². The molecule has 6 unspecified atom stereocenters. The Morgan fingerprint density at radius 1 is 0.444 bits per heavy atom. The quantitative estimate of drug-likeness (QED) is 0.0267. The highest BCUT2D eigenvalue weighted by Gasteiger charge is 2.44. The summed E-state index contributed by atoms with van der Waals surface area (Å²) in [7, 11) is 0. The fourth-order valence-electron chi connectivity index (χ4n) is 7.50. The molecule has 0 aromatic heterocycles. The first-order valence-electron chi connectivity index (χ1n) is 27.9. The summed E-state index contributed by atoms with van der Waals surface area (Å²) in [5.41, 5.74) is 0.